The molecule has 1 aliphatic rings. The van der Waals surface area contributed by atoms with E-state index in [-0.39, 0.29) is 29.4 Å². The normalized spacial score (nSPS) is 18.5. The lowest BCUT2D eigenvalue weighted by Crippen LogP contribution is -2.40. The summed E-state index contributed by atoms with van der Waals surface area (Å²) in [7, 11) is 0. The molecular weight excluding hydrogens is 426 g/mol. The molecule has 10 nitrogen and oxygen atoms in total. The van der Waals surface area contributed by atoms with E-state index in [1.807, 2.05) is 24.3 Å². The van der Waals surface area contributed by atoms with Gasteiger partial charge in [-0.25, -0.2) is 4.79 Å². The van der Waals surface area contributed by atoms with E-state index >= 15 is 0 Å². The number of carbonyl (C=O) groups excluding carboxylic acids is 2. The van der Waals surface area contributed by atoms with Gasteiger partial charge in [-0.1, -0.05) is 45.0 Å². The van der Waals surface area contributed by atoms with Gasteiger partial charge in [0.2, 0.25) is 11.8 Å². The topological polar surface area (TPSA) is 131 Å². The quantitative estimate of drug-likeness (QED) is 0.355. The van der Waals surface area contributed by atoms with Crippen molar-refractivity contribution in [1.82, 2.24) is 20.4 Å². The summed E-state index contributed by atoms with van der Waals surface area (Å²) in [6.07, 6.45) is 0. The number of rotatable bonds is 5. The second kappa shape index (κ2) is 7.80. The molecule has 0 spiro atoms. The van der Waals surface area contributed by atoms with E-state index in [4.69, 9.17) is 4.42 Å². The summed E-state index contributed by atoms with van der Waals surface area (Å²) in [5.41, 5.74) is 0.970. The fourth-order valence-electron chi connectivity index (χ4n) is 3.63. The minimum absolute atomic E-state index is 0.0340. The first-order valence-electron chi connectivity index (χ1n) is 10.3. The zero-order valence-electron chi connectivity index (χ0n) is 18.7. The van der Waals surface area contributed by atoms with Crippen molar-refractivity contribution in [3.05, 3.63) is 75.7 Å². The Labute approximate surface area is 189 Å². The molecule has 0 saturated carbocycles. The van der Waals surface area contributed by atoms with Crippen molar-refractivity contribution in [2.24, 2.45) is 0 Å². The van der Waals surface area contributed by atoms with Crippen LogP contribution >= 0.6 is 0 Å². The average Bonchev–Trinajstić information content (AvgIpc) is 3.32. The van der Waals surface area contributed by atoms with Crippen molar-refractivity contribution in [3.63, 3.8) is 0 Å². The third kappa shape index (κ3) is 4.07. The Morgan fingerprint density at radius 1 is 1.06 bits per heavy atom. The predicted molar refractivity (Wildman–Crippen MR) is 118 cm³/mol. The number of nitro groups is 1. The van der Waals surface area contributed by atoms with Crippen LogP contribution in [-0.2, 0) is 22.3 Å². The maximum atomic E-state index is 13.2. The van der Waals surface area contributed by atoms with E-state index in [0.717, 1.165) is 10.5 Å². The van der Waals surface area contributed by atoms with Crippen LogP contribution in [0.5, 0.6) is 0 Å². The lowest BCUT2D eigenvalue weighted by molar-refractivity contribution is -0.384. The minimum atomic E-state index is -1.21. The van der Waals surface area contributed by atoms with Gasteiger partial charge >= 0.3 is 6.03 Å². The van der Waals surface area contributed by atoms with Crippen molar-refractivity contribution in [2.45, 2.75) is 45.2 Å². The number of carbonyl (C=O) groups is 2. The smallest absolute Gasteiger partial charge is 0.325 e. The summed E-state index contributed by atoms with van der Waals surface area (Å²) in [6.45, 7) is 7.77. The molecule has 1 aromatic heterocycles. The molecule has 1 saturated heterocycles. The van der Waals surface area contributed by atoms with Crippen molar-refractivity contribution < 1.29 is 18.9 Å². The monoisotopic (exact) mass is 449 g/mol. The zero-order chi connectivity index (χ0) is 24.0. The fourth-order valence-corrected chi connectivity index (χ4v) is 3.63. The van der Waals surface area contributed by atoms with Crippen LogP contribution in [0.4, 0.5) is 10.5 Å². The summed E-state index contributed by atoms with van der Waals surface area (Å²) >= 11 is 0. The van der Waals surface area contributed by atoms with Crippen LogP contribution in [-0.4, -0.2) is 32.0 Å². The van der Waals surface area contributed by atoms with Gasteiger partial charge in [0.05, 0.1) is 4.92 Å². The number of nitrogens with zero attached hydrogens (tertiary/aromatic N) is 4. The van der Waals surface area contributed by atoms with Crippen molar-refractivity contribution in [1.29, 1.82) is 0 Å². The number of hydrogen-bond donors (Lipinski definition) is 1. The molecule has 10 heteroatoms. The van der Waals surface area contributed by atoms with Crippen LogP contribution < -0.4 is 5.32 Å². The van der Waals surface area contributed by atoms with Gasteiger partial charge in [-0.05, 0) is 35.6 Å². The van der Waals surface area contributed by atoms with Gasteiger partial charge in [0.15, 0.2) is 0 Å². The predicted octanol–water partition coefficient (Wildman–Crippen LogP) is 3.91. The number of nitro benzene ring substituents is 1. The molecule has 170 valence electrons. The molecule has 1 aliphatic heterocycles. The van der Waals surface area contributed by atoms with Gasteiger partial charge in [-0.2, -0.15) is 0 Å². The number of benzene rings is 2. The molecule has 33 heavy (non-hydrogen) atoms. The number of urea groups is 1. The van der Waals surface area contributed by atoms with Crippen LogP contribution in [0.1, 0.15) is 44.7 Å². The maximum Gasteiger partial charge on any atom is 0.325 e. The van der Waals surface area contributed by atoms with Crippen molar-refractivity contribution in [3.8, 4) is 11.5 Å². The average molecular weight is 449 g/mol. The molecule has 0 bridgehead atoms. The molecule has 2 aromatic carbocycles. The minimum Gasteiger partial charge on any atom is -0.419 e. The van der Waals surface area contributed by atoms with Gasteiger partial charge in [0.1, 0.15) is 12.1 Å². The second-order valence-corrected chi connectivity index (χ2v) is 9.08. The maximum absolute atomic E-state index is 13.2. The molecule has 1 fully saturated rings. The van der Waals surface area contributed by atoms with E-state index in [9.17, 15) is 19.7 Å². The summed E-state index contributed by atoms with van der Waals surface area (Å²) in [5, 5.41) is 21.4. The lowest BCUT2D eigenvalue weighted by Gasteiger charge is -2.24. The third-order valence-corrected chi connectivity index (χ3v) is 5.69. The molecular formula is C23H23N5O5. The Morgan fingerprint density at radius 2 is 1.70 bits per heavy atom. The number of imide groups is 1. The van der Waals surface area contributed by atoms with Crippen LogP contribution in [0.2, 0.25) is 0 Å². The second-order valence-electron chi connectivity index (χ2n) is 9.08. The highest BCUT2D eigenvalue weighted by Crippen LogP contribution is 2.32. The molecule has 3 amide bonds. The number of hydrogen-bond acceptors (Lipinski definition) is 7. The Hall–Kier alpha value is -4.08. The Kier molecular flexibility index (Phi) is 5.23. The summed E-state index contributed by atoms with van der Waals surface area (Å²) in [4.78, 5) is 37.1. The van der Waals surface area contributed by atoms with E-state index in [1.54, 1.807) is 6.92 Å². The molecule has 1 atom stereocenters. The molecule has 4 rings (SSSR count). The number of aromatic nitrogens is 2. The van der Waals surface area contributed by atoms with Crippen molar-refractivity contribution >= 4 is 17.6 Å². The lowest BCUT2D eigenvalue weighted by atomic mass is 9.84. The fraction of sp³-hybridized carbons (Fsp3) is 0.304. The number of non-ortho nitro benzene ring substituents is 1. The Balaban J connectivity index is 1.52. The Bertz CT molecular complexity index is 1230. The van der Waals surface area contributed by atoms with Crippen LogP contribution in [0.3, 0.4) is 0 Å². The molecule has 0 radical (unpaired) electrons. The first kappa shape index (κ1) is 22.1. The van der Waals surface area contributed by atoms with E-state index in [2.05, 4.69) is 36.3 Å². The van der Waals surface area contributed by atoms with Gasteiger partial charge < -0.3 is 9.73 Å². The summed E-state index contributed by atoms with van der Waals surface area (Å²) in [5.74, 6) is -0.224. The van der Waals surface area contributed by atoms with E-state index in [1.165, 1.54) is 24.3 Å². The molecule has 2 heterocycles. The van der Waals surface area contributed by atoms with Gasteiger partial charge in [-0.3, -0.25) is 19.8 Å². The molecule has 0 aliphatic carbocycles. The van der Waals surface area contributed by atoms with E-state index < -0.39 is 22.4 Å². The summed E-state index contributed by atoms with van der Waals surface area (Å²) in [6, 6.07) is 12.7. The van der Waals surface area contributed by atoms with Gasteiger partial charge in [-0.15, -0.1) is 10.2 Å². The molecule has 1 N–H and O–H groups in total. The van der Waals surface area contributed by atoms with Gasteiger partial charge in [0, 0.05) is 17.7 Å². The largest absolute Gasteiger partial charge is 0.419 e. The zero-order valence-corrected chi connectivity index (χ0v) is 18.7. The molecule has 1 unspecified atom stereocenters. The Morgan fingerprint density at radius 3 is 2.27 bits per heavy atom. The SMILES string of the molecule is CC(C)(C)c1ccc(C2(C)NC(=O)N(Cc3nnc(-c4ccc([N+](=O)[O-])cc4)o3)C2=O)cc1. The third-order valence-electron chi connectivity index (χ3n) is 5.69. The highest BCUT2D eigenvalue weighted by atomic mass is 16.6. The first-order valence-corrected chi connectivity index (χ1v) is 10.3. The van der Waals surface area contributed by atoms with Gasteiger partial charge in [0.25, 0.3) is 11.6 Å². The highest BCUT2D eigenvalue weighted by Gasteiger charge is 2.49. The first-order chi connectivity index (χ1) is 15.5. The van der Waals surface area contributed by atoms with Crippen LogP contribution in [0.25, 0.3) is 11.5 Å². The number of amides is 3. The van der Waals surface area contributed by atoms with E-state index in [0.29, 0.717) is 11.1 Å². The molecule has 3 aromatic rings. The van der Waals surface area contributed by atoms with Crippen LogP contribution in [0, 0.1) is 10.1 Å². The number of nitrogens with one attached hydrogen (secondary N) is 1. The summed E-state index contributed by atoms with van der Waals surface area (Å²) < 4.78 is 5.59. The van der Waals surface area contributed by atoms with Crippen molar-refractivity contribution in [2.75, 3.05) is 0 Å². The highest BCUT2D eigenvalue weighted by molar-refractivity contribution is 6.07. The van der Waals surface area contributed by atoms with Crippen LogP contribution in [0.15, 0.2) is 52.9 Å². The standard InChI is InChI=1S/C23H23N5O5/c1-22(2,3)15-7-9-16(10-8-15)23(4)20(29)27(21(30)24-23)13-18-25-26-19(33-18)14-5-11-17(12-6-14)28(31)32/h5-12H,13H2,1-4H3,(H,24,30).